The molecule has 1 aromatic carbocycles. The van der Waals surface area contributed by atoms with E-state index in [1.807, 2.05) is 0 Å². The lowest BCUT2D eigenvalue weighted by atomic mass is 10.2. The summed E-state index contributed by atoms with van der Waals surface area (Å²) in [5, 5.41) is 18.8. The number of sulfone groups is 1. The van der Waals surface area contributed by atoms with E-state index in [1.54, 1.807) is 5.38 Å². The third kappa shape index (κ3) is 4.97. The molecule has 1 aromatic heterocycles. The number of thiazole rings is 1. The number of carbonyl (C=O) groups is 1. The Bertz CT molecular complexity index is 926. The normalized spacial score (nSPS) is 11.2. The minimum Gasteiger partial charge on any atom is -0.378 e. The van der Waals surface area contributed by atoms with Gasteiger partial charge in [0.25, 0.3) is 11.6 Å². The van der Waals surface area contributed by atoms with E-state index in [2.05, 4.69) is 15.6 Å². The van der Waals surface area contributed by atoms with Crippen LogP contribution in [-0.2, 0) is 16.4 Å². The van der Waals surface area contributed by atoms with Gasteiger partial charge >= 0.3 is 0 Å². The number of nitro groups is 1. The Hall–Kier alpha value is -2.57. The molecular weight excluding hydrogens is 382 g/mol. The molecule has 0 aliphatic heterocycles. The molecule has 2 rings (SSSR count). The second-order valence-electron chi connectivity index (χ2n) is 5.22. The first-order valence-corrected chi connectivity index (χ1v) is 10.1. The molecule has 4 N–H and O–H groups in total. The van der Waals surface area contributed by atoms with E-state index < -0.39 is 14.8 Å². The van der Waals surface area contributed by atoms with Crippen LogP contribution in [0.25, 0.3) is 0 Å². The van der Waals surface area contributed by atoms with Crippen molar-refractivity contribution < 1.29 is 18.1 Å². The van der Waals surface area contributed by atoms with Gasteiger partial charge in [-0.05, 0) is 12.1 Å². The summed E-state index contributed by atoms with van der Waals surface area (Å²) >= 11 is 1.29. The third-order valence-electron chi connectivity index (χ3n) is 3.28. The number of nitrogens with zero attached hydrogens (tertiary/aromatic N) is 2. The molecule has 140 valence electrons. The Labute approximate surface area is 153 Å². The predicted molar refractivity (Wildman–Crippen MR) is 97.0 cm³/mol. The van der Waals surface area contributed by atoms with Crippen molar-refractivity contribution in [1.82, 2.24) is 10.3 Å². The topological polar surface area (TPSA) is 157 Å². The summed E-state index contributed by atoms with van der Waals surface area (Å²) in [6, 6.07) is 3.61. The molecule has 1 heterocycles. The fourth-order valence-electron chi connectivity index (χ4n) is 2.02. The highest BCUT2D eigenvalue weighted by Gasteiger charge is 2.18. The van der Waals surface area contributed by atoms with Gasteiger partial charge in [0.05, 0.1) is 9.82 Å². The van der Waals surface area contributed by atoms with Crippen LogP contribution in [0.1, 0.15) is 15.5 Å². The molecule has 0 unspecified atom stereocenters. The van der Waals surface area contributed by atoms with Crippen LogP contribution in [0, 0.1) is 10.1 Å². The Balaban J connectivity index is 1.96. The molecule has 26 heavy (non-hydrogen) atoms. The summed E-state index contributed by atoms with van der Waals surface area (Å²) < 4.78 is 23.0. The first-order valence-electron chi connectivity index (χ1n) is 7.37. The lowest BCUT2D eigenvalue weighted by Crippen LogP contribution is -2.29. The third-order valence-corrected chi connectivity index (χ3v) is 5.26. The molecule has 0 aliphatic carbocycles. The van der Waals surface area contributed by atoms with E-state index in [0.717, 1.165) is 12.3 Å². The number of carbonyl (C=O) groups excluding carboxylic acids is 1. The van der Waals surface area contributed by atoms with E-state index in [9.17, 15) is 23.3 Å². The highest BCUT2D eigenvalue weighted by molar-refractivity contribution is 7.90. The summed E-state index contributed by atoms with van der Waals surface area (Å²) in [7, 11) is -3.55. The number of hydrogen-bond donors (Lipinski definition) is 3. The summed E-state index contributed by atoms with van der Waals surface area (Å²) in [6.45, 7) is 0.657. The first-order chi connectivity index (χ1) is 12.2. The standard InChI is InChI=1S/C14H17N5O5S2/c1-26(23,24)9-2-3-10(12(6-9)19(21)22)16-4-5-17-14(20)11-8-25-13(7-15)18-11/h2-3,6,8,16H,4-5,7,15H2,1H3,(H,17,20). The van der Waals surface area contributed by atoms with Crippen molar-refractivity contribution in [2.45, 2.75) is 11.4 Å². The summed E-state index contributed by atoms with van der Waals surface area (Å²) in [6.07, 6.45) is 0.975. The average molecular weight is 399 g/mol. The van der Waals surface area contributed by atoms with Crippen LogP contribution in [0.15, 0.2) is 28.5 Å². The lowest BCUT2D eigenvalue weighted by molar-refractivity contribution is -0.384. The van der Waals surface area contributed by atoms with Crippen molar-refractivity contribution in [3.05, 3.63) is 44.4 Å². The van der Waals surface area contributed by atoms with Gasteiger partial charge in [0, 0.05) is 37.3 Å². The average Bonchev–Trinajstić information content (AvgIpc) is 3.06. The molecule has 0 bridgehead atoms. The maximum absolute atomic E-state index is 11.9. The van der Waals surface area contributed by atoms with E-state index in [-0.39, 0.29) is 47.5 Å². The number of hydrogen-bond acceptors (Lipinski definition) is 9. The Morgan fingerprint density at radius 1 is 1.38 bits per heavy atom. The van der Waals surface area contributed by atoms with Crippen LogP contribution >= 0.6 is 11.3 Å². The molecule has 0 aliphatic rings. The van der Waals surface area contributed by atoms with Crippen molar-refractivity contribution in [2.75, 3.05) is 24.7 Å². The van der Waals surface area contributed by atoms with Gasteiger partial charge < -0.3 is 16.4 Å². The van der Waals surface area contributed by atoms with Crippen molar-refractivity contribution in [1.29, 1.82) is 0 Å². The van der Waals surface area contributed by atoms with Gasteiger partial charge in [0.2, 0.25) is 0 Å². The molecule has 0 fully saturated rings. The zero-order valence-corrected chi connectivity index (χ0v) is 15.4. The summed E-state index contributed by atoms with van der Waals surface area (Å²) in [4.78, 5) is 26.3. The second-order valence-corrected chi connectivity index (χ2v) is 8.18. The number of rotatable bonds is 8. The molecule has 12 heteroatoms. The van der Waals surface area contributed by atoms with Gasteiger partial charge in [-0.25, -0.2) is 13.4 Å². The van der Waals surface area contributed by atoms with Crippen molar-refractivity contribution in [3.8, 4) is 0 Å². The molecule has 10 nitrogen and oxygen atoms in total. The maximum Gasteiger partial charge on any atom is 0.293 e. The van der Waals surface area contributed by atoms with Gasteiger partial charge in [-0.15, -0.1) is 11.3 Å². The lowest BCUT2D eigenvalue weighted by Gasteiger charge is -2.09. The highest BCUT2D eigenvalue weighted by atomic mass is 32.2. The number of nitrogens with two attached hydrogens (primary N) is 1. The second kappa shape index (κ2) is 8.21. The smallest absolute Gasteiger partial charge is 0.293 e. The quantitative estimate of drug-likeness (QED) is 0.333. The van der Waals surface area contributed by atoms with Crippen molar-refractivity contribution in [2.24, 2.45) is 5.73 Å². The molecule has 1 amide bonds. The molecule has 0 spiro atoms. The van der Waals surface area contributed by atoms with Crippen LogP contribution in [0.5, 0.6) is 0 Å². The van der Waals surface area contributed by atoms with Crippen molar-refractivity contribution >= 4 is 38.5 Å². The molecule has 0 saturated heterocycles. The zero-order chi connectivity index (χ0) is 19.3. The Morgan fingerprint density at radius 3 is 2.69 bits per heavy atom. The van der Waals surface area contributed by atoms with Crippen LogP contribution < -0.4 is 16.4 Å². The van der Waals surface area contributed by atoms with E-state index >= 15 is 0 Å². The van der Waals surface area contributed by atoms with Gasteiger partial charge in [-0.1, -0.05) is 0 Å². The molecule has 0 radical (unpaired) electrons. The summed E-state index contributed by atoms with van der Waals surface area (Å²) in [5.41, 5.74) is 5.51. The number of aromatic nitrogens is 1. The minimum atomic E-state index is -3.55. The fraction of sp³-hybridized carbons (Fsp3) is 0.286. The van der Waals surface area contributed by atoms with Gasteiger partial charge in [0.1, 0.15) is 16.4 Å². The number of amides is 1. The predicted octanol–water partition coefficient (Wildman–Crippen LogP) is 0.755. The SMILES string of the molecule is CS(=O)(=O)c1ccc(NCCNC(=O)c2csc(CN)n2)c([N+](=O)[O-])c1. The maximum atomic E-state index is 11.9. The molecule has 0 atom stereocenters. The minimum absolute atomic E-state index is 0.137. The van der Waals surface area contributed by atoms with E-state index in [1.165, 1.54) is 23.5 Å². The van der Waals surface area contributed by atoms with Crippen LogP contribution in [0.2, 0.25) is 0 Å². The molecule has 0 saturated carbocycles. The van der Waals surface area contributed by atoms with Gasteiger partial charge in [-0.3, -0.25) is 14.9 Å². The number of nitro benzene ring substituents is 1. The van der Waals surface area contributed by atoms with E-state index in [4.69, 9.17) is 5.73 Å². The van der Waals surface area contributed by atoms with Gasteiger partial charge in [0.15, 0.2) is 9.84 Å². The Kier molecular flexibility index (Phi) is 6.23. The largest absolute Gasteiger partial charge is 0.378 e. The van der Waals surface area contributed by atoms with E-state index in [0.29, 0.717) is 5.01 Å². The summed E-state index contributed by atoms with van der Waals surface area (Å²) in [5.74, 6) is -0.371. The monoisotopic (exact) mass is 399 g/mol. The van der Waals surface area contributed by atoms with Crippen LogP contribution in [-0.4, -0.2) is 43.6 Å². The number of benzene rings is 1. The first kappa shape index (κ1) is 19.8. The van der Waals surface area contributed by atoms with Crippen LogP contribution in [0.3, 0.4) is 0 Å². The zero-order valence-electron chi connectivity index (χ0n) is 13.8. The molecular formula is C14H17N5O5S2. The van der Waals surface area contributed by atoms with Crippen LogP contribution in [0.4, 0.5) is 11.4 Å². The number of anilines is 1. The Morgan fingerprint density at radius 2 is 2.12 bits per heavy atom. The number of nitrogens with one attached hydrogen (secondary N) is 2. The van der Waals surface area contributed by atoms with Crippen molar-refractivity contribution in [3.63, 3.8) is 0 Å². The molecule has 2 aromatic rings. The highest BCUT2D eigenvalue weighted by Crippen LogP contribution is 2.27. The fourth-order valence-corrected chi connectivity index (χ4v) is 3.31. The van der Waals surface area contributed by atoms with Gasteiger partial charge in [-0.2, -0.15) is 0 Å².